The molecule has 4 nitrogen and oxygen atoms in total. The zero-order chi connectivity index (χ0) is 12.7. The van der Waals surface area contributed by atoms with Gasteiger partial charge in [0.05, 0.1) is 6.04 Å². The van der Waals surface area contributed by atoms with Crippen LogP contribution in [0.2, 0.25) is 0 Å². The standard InChI is InChI=1S/C13H25NO3/c1-12(15)8-13(2,16)10-14(17,9-12)11-6-4-3-5-7-11/h11,15-16H,3-10H2,1-2H3. The highest BCUT2D eigenvalue weighted by atomic mass is 16.6. The summed E-state index contributed by atoms with van der Waals surface area (Å²) < 4.78 is -0.403. The molecule has 1 heterocycles. The van der Waals surface area contributed by atoms with Crippen LogP contribution < -0.4 is 0 Å². The molecule has 17 heavy (non-hydrogen) atoms. The summed E-state index contributed by atoms with van der Waals surface area (Å²) in [5, 5.41) is 33.3. The first-order valence-electron chi connectivity index (χ1n) is 6.75. The Hall–Kier alpha value is -0.160. The molecule has 1 saturated carbocycles. The van der Waals surface area contributed by atoms with Gasteiger partial charge in [0, 0.05) is 6.42 Å². The van der Waals surface area contributed by atoms with Crippen molar-refractivity contribution in [3.63, 3.8) is 0 Å². The predicted octanol–water partition coefficient (Wildman–Crippen LogP) is 1.54. The first kappa shape index (κ1) is 13.3. The van der Waals surface area contributed by atoms with Crippen LogP contribution in [0.25, 0.3) is 0 Å². The van der Waals surface area contributed by atoms with Crippen LogP contribution in [0.15, 0.2) is 0 Å². The van der Waals surface area contributed by atoms with Crippen LogP contribution in [0.3, 0.4) is 0 Å². The zero-order valence-corrected chi connectivity index (χ0v) is 11.0. The summed E-state index contributed by atoms with van der Waals surface area (Å²) in [5.41, 5.74) is -2.08. The van der Waals surface area contributed by atoms with E-state index in [0.29, 0.717) is 6.42 Å². The smallest absolute Gasteiger partial charge is 0.114 e. The van der Waals surface area contributed by atoms with E-state index in [2.05, 4.69) is 0 Å². The van der Waals surface area contributed by atoms with E-state index in [1.807, 2.05) is 0 Å². The van der Waals surface area contributed by atoms with E-state index < -0.39 is 15.8 Å². The Morgan fingerprint density at radius 3 is 1.94 bits per heavy atom. The SMILES string of the molecule is CC1(O)CC(C)(O)C[N+]([O-])(C2CCCCC2)C1. The van der Waals surface area contributed by atoms with Crippen LogP contribution in [-0.2, 0) is 0 Å². The summed E-state index contributed by atoms with van der Waals surface area (Å²) in [6, 6.07) is 0.0713. The summed E-state index contributed by atoms with van der Waals surface area (Å²) in [4.78, 5) is 0. The van der Waals surface area contributed by atoms with Gasteiger partial charge in [-0.15, -0.1) is 0 Å². The number of nitrogens with zero attached hydrogens (tertiary/aromatic N) is 1. The number of piperidine rings is 1. The lowest BCUT2D eigenvalue weighted by Crippen LogP contribution is -2.68. The molecular weight excluding hydrogens is 218 g/mol. The highest BCUT2D eigenvalue weighted by Gasteiger charge is 2.49. The maximum absolute atomic E-state index is 12.9. The van der Waals surface area contributed by atoms with E-state index in [4.69, 9.17) is 0 Å². The van der Waals surface area contributed by atoms with Crippen molar-refractivity contribution in [3.8, 4) is 0 Å². The molecule has 2 N–H and O–H groups in total. The van der Waals surface area contributed by atoms with Gasteiger partial charge >= 0.3 is 0 Å². The zero-order valence-electron chi connectivity index (χ0n) is 11.0. The lowest BCUT2D eigenvalue weighted by molar-refractivity contribution is -0.924. The largest absolute Gasteiger partial charge is 0.632 e. The molecule has 4 heteroatoms. The molecule has 2 unspecified atom stereocenters. The van der Waals surface area contributed by atoms with Crippen LogP contribution in [0.5, 0.6) is 0 Å². The molecule has 2 fully saturated rings. The van der Waals surface area contributed by atoms with Crippen molar-refractivity contribution in [1.82, 2.24) is 0 Å². The van der Waals surface area contributed by atoms with Gasteiger partial charge in [-0.25, -0.2) is 0 Å². The van der Waals surface area contributed by atoms with Crippen LogP contribution in [-0.4, -0.2) is 45.2 Å². The third-order valence-electron chi connectivity index (χ3n) is 4.22. The monoisotopic (exact) mass is 243 g/mol. The van der Waals surface area contributed by atoms with E-state index in [1.165, 1.54) is 6.42 Å². The van der Waals surface area contributed by atoms with Crippen molar-refractivity contribution in [2.45, 2.75) is 69.6 Å². The van der Waals surface area contributed by atoms with Gasteiger partial charge in [-0.3, -0.25) is 0 Å². The third-order valence-corrected chi connectivity index (χ3v) is 4.22. The number of hydrogen-bond acceptors (Lipinski definition) is 3. The van der Waals surface area contributed by atoms with Crippen molar-refractivity contribution in [2.24, 2.45) is 0 Å². The molecule has 0 spiro atoms. The van der Waals surface area contributed by atoms with Gasteiger partial charge in [-0.05, 0) is 39.5 Å². The fourth-order valence-electron chi connectivity index (χ4n) is 3.95. The van der Waals surface area contributed by atoms with Crippen molar-refractivity contribution in [3.05, 3.63) is 5.21 Å². The van der Waals surface area contributed by atoms with Crippen LogP contribution in [0.1, 0.15) is 52.4 Å². The summed E-state index contributed by atoms with van der Waals surface area (Å²) in [6.07, 6.45) is 5.61. The van der Waals surface area contributed by atoms with E-state index in [-0.39, 0.29) is 19.1 Å². The molecule has 100 valence electrons. The van der Waals surface area contributed by atoms with E-state index in [1.54, 1.807) is 13.8 Å². The number of hydrogen-bond donors (Lipinski definition) is 2. The quantitative estimate of drug-likeness (QED) is 0.542. The molecule has 2 atom stereocenters. The lowest BCUT2D eigenvalue weighted by Gasteiger charge is -2.59. The average molecular weight is 243 g/mol. The van der Waals surface area contributed by atoms with Gasteiger partial charge in [0.1, 0.15) is 24.3 Å². The molecule has 0 aromatic heterocycles. The molecular formula is C13H25NO3. The second-order valence-electron chi connectivity index (χ2n) is 6.73. The van der Waals surface area contributed by atoms with E-state index >= 15 is 0 Å². The fourth-order valence-corrected chi connectivity index (χ4v) is 3.95. The number of rotatable bonds is 1. The molecule has 0 bridgehead atoms. The Balaban J connectivity index is 2.17. The summed E-state index contributed by atoms with van der Waals surface area (Å²) in [5.74, 6) is 0. The lowest BCUT2D eigenvalue weighted by atomic mass is 9.81. The third kappa shape index (κ3) is 2.99. The minimum absolute atomic E-state index is 0.0713. The van der Waals surface area contributed by atoms with Gasteiger partial charge in [-0.1, -0.05) is 6.42 Å². The van der Waals surface area contributed by atoms with E-state index in [9.17, 15) is 15.4 Å². The Morgan fingerprint density at radius 1 is 1.00 bits per heavy atom. The molecule has 1 aliphatic carbocycles. The minimum atomic E-state index is -1.04. The highest BCUT2D eigenvalue weighted by Crippen LogP contribution is 2.38. The number of quaternary nitrogens is 1. The molecule has 0 aromatic carbocycles. The molecule has 0 radical (unpaired) electrons. The summed E-state index contributed by atoms with van der Waals surface area (Å²) >= 11 is 0. The van der Waals surface area contributed by atoms with Gasteiger partial charge in [0.2, 0.25) is 0 Å². The molecule has 2 rings (SSSR count). The van der Waals surface area contributed by atoms with Gasteiger partial charge in [0.25, 0.3) is 0 Å². The number of aliphatic hydroxyl groups is 2. The van der Waals surface area contributed by atoms with Crippen molar-refractivity contribution >= 4 is 0 Å². The summed E-state index contributed by atoms with van der Waals surface area (Å²) in [6.45, 7) is 3.81. The minimum Gasteiger partial charge on any atom is -0.632 e. The molecule has 2 aliphatic rings. The first-order valence-corrected chi connectivity index (χ1v) is 6.75. The van der Waals surface area contributed by atoms with E-state index in [0.717, 1.165) is 25.7 Å². The molecule has 0 amide bonds. The predicted molar refractivity (Wildman–Crippen MR) is 66.1 cm³/mol. The van der Waals surface area contributed by atoms with Crippen molar-refractivity contribution in [2.75, 3.05) is 13.1 Å². The first-order chi connectivity index (χ1) is 7.73. The van der Waals surface area contributed by atoms with Crippen LogP contribution >= 0.6 is 0 Å². The van der Waals surface area contributed by atoms with Crippen molar-refractivity contribution in [1.29, 1.82) is 0 Å². The Bertz CT molecular complexity index is 266. The fraction of sp³-hybridized carbons (Fsp3) is 1.00. The van der Waals surface area contributed by atoms with Crippen molar-refractivity contribution < 1.29 is 14.9 Å². The number of likely N-dealkylation sites (tertiary alicyclic amines) is 1. The second kappa shape index (κ2) is 4.19. The Kier molecular flexibility index (Phi) is 3.28. The topological polar surface area (TPSA) is 63.5 Å². The second-order valence-corrected chi connectivity index (χ2v) is 6.73. The molecule has 0 aromatic rings. The summed E-state index contributed by atoms with van der Waals surface area (Å²) in [7, 11) is 0. The van der Waals surface area contributed by atoms with Gasteiger partial charge < -0.3 is 20.1 Å². The maximum Gasteiger partial charge on any atom is 0.114 e. The normalized spacial score (nSPS) is 49.2. The maximum atomic E-state index is 12.9. The molecule has 1 aliphatic heterocycles. The molecule has 1 saturated heterocycles. The average Bonchev–Trinajstić information content (AvgIpc) is 2.13. The Labute approximate surface area is 103 Å². The van der Waals surface area contributed by atoms with Gasteiger partial charge in [-0.2, -0.15) is 0 Å². The Morgan fingerprint density at radius 2 is 1.47 bits per heavy atom. The number of hydroxylamine groups is 3. The van der Waals surface area contributed by atoms with Crippen LogP contribution in [0, 0.1) is 5.21 Å². The highest BCUT2D eigenvalue weighted by molar-refractivity contribution is 4.91. The van der Waals surface area contributed by atoms with Crippen LogP contribution in [0.4, 0.5) is 0 Å². The van der Waals surface area contributed by atoms with Gasteiger partial charge in [0.15, 0.2) is 0 Å².